The zero-order valence-corrected chi connectivity index (χ0v) is 9.11. The Morgan fingerprint density at radius 3 is 2.67 bits per heavy atom. The third kappa shape index (κ3) is 3.62. The molecule has 1 aromatic heterocycles. The number of hydrogen-bond donors (Lipinski definition) is 0. The van der Waals surface area contributed by atoms with Crippen molar-refractivity contribution in [3.63, 3.8) is 0 Å². The highest BCUT2D eigenvalue weighted by atomic mass is 19.4. The molecule has 0 amide bonds. The van der Waals surface area contributed by atoms with Crippen molar-refractivity contribution in [2.24, 2.45) is 0 Å². The zero-order valence-electron chi connectivity index (χ0n) is 9.11. The maximum absolute atomic E-state index is 12.1. The lowest BCUT2D eigenvalue weighted by molar-refractivity contribution is -0.276. The quantitative estimate of drug-likeness (QED) is 0.777. The van der Waals surface area contributed by atoms with Crippen LogP contribution in [0.4, 0.5) is 13.2 Å². The number of carbonyl (C=O) groups is 1. The normalized spacial score (nSPS) is 10.6. The van der Waals surface area contributed by atoms with Gasteiger partial charge in [0, 0.05) is 0 Å². The maximum atomic E-state index is 12.1. The second kappa shape index (κ2) is 5.35. The Morgan fingerprint density at radius 1 is 1.50 bits per heavy atom. The van der Waals surface area contributed by atoms with E-state index in [1.165, 1.54) is 13.0 Å². The Kier molecular flexibility index (Phi) is 4.09. The smallest absolute Gasteiger partial charge is 0.461 e. The van der Waals surface area contributed by atoms with Crippen molar-refractivity contribution in [3.8, 4) is 11.9 Å². The van der Waals surface area contributed by atoms with Gasteiger partial charge in [-0.3, -0.25) is 0 Å². The molecule has 0 N–H and O–H groups in total. The monoisotopic (exact) mass is 260 g/mol. The van der Waals surface area contributed by atoms with E-state index < -0.39 is 23.8 Å². The highest BCUT2D eigenvalue weighted by Crippen LogP contribution is 2.24. The van der Waals surface area contributed by atoms with Gasteiger partial charge in [-0.15, -0.1) is 13.2 Å². The summed E-state index contributed by atoms with van der Waals surface area (Å²) in [4.78, 5) is 14.6. The minimum absolute atomic E-state index is 0.0516. The van der Waals surface area contributed by atoms with Crippen molar-refractivity contribution in [1.29, 1.82) is 5.26 Å². The molecule has 0 aliphatic heterocycles. The predicted octanol–water partition coefficient (Wildman–Crippen LogP) is 2.03. The first-order valence-electron chi connectivity index (χ1n) is 4.71. The van der Waals surface area contributed by atoms with Gasteiger partial charge >= 0.3 is 12.3 Å². The second-order valence-corrected chi connectivity index (χ2v) is 2.93. The zero-order chi connectivity index (χ0) is 13.8. The Morgan fingerprint density at radius 2 is 2.17 bits per heavy atom. The van der Waals surface area contributed by atoms with E-state index in [4.69, 9.17) is 5.26 Å². The summed E-state index contributed by atoms with van der Waals surface area (Å²) >= 11 is 0. The number of aromatic nitrogens is 1. The molecule has 0 aliphatic rings. The van der Waals surface area contributed by atoms with Crippen LogP contribution in [0.5, 0.6) is 5.88 Å². The molecule has 0 aliphatic carbocycles. The number of nitriles is 1. The van der Waals surface area contributed by atoms with Crippen molar-refractivity contribution in [2.75, 3.05) is 6.61 Å². The van der Waals surface area contributed by atoms with Gasteiger partial charge < -0.3 is 9.47 Å². The van der Waals surface area contributed by atoms with Crippen molar-refractivity contribution in [2.45, 2.75) is 13.3 Å². The second-order valence-electron chi connectivity index (χ2n) is 2.93. The molecule has 5 nitrogen and oxygen atoms in total. The summed E-state index contributed by atoms with van der Waals surface area (Å²) in [6.45, 7) is 1.59. The van der Waals surface area contributed by atoms with Crippen LogP contribution in [0.3, 0.4) is 0 Å². The summed E-state index contributed by atoms with van der Waals surface area (Å²) in [6.07, 6.45) is -4.99. The lowest BCUT2D eigenvalue weighted by atomic mass is 10.2. The average molecular weight is 260 g/mol. The molecule has 1 aromatic rings. The van der Waals surface area contributed by atoms with Crippen LogP contribution < -0.4 is 4.74 Å². The van der Waals surface area contributed by atoms with E-state index in [0.29, 0.717) is 0 Å². The van der Waals surface area contributed by atoms with Gasteiger partial charge in [0.25, 0.3) is 0 Å². The number of carbonyl (C=O) groups excluding carboxylic acids is 1. The Labute approximate surface area is 99.8 Å². The minimum atomic E-state index is -4.99. The molecule has 0 atom stereocenters. The molecule has 1 heterocycles. The van der Waals surface area contributed by atoms with E-state index in [9.17, 15) is 18.0 Å². The lowest BCUT2D eigenvalue weighted by Crippen LogP contribution is -2.19. The van der Waals surface area contributed by atoms with Crippen molar-refractivity contribution >= 4 is 5.97 Å². The summed E-state index contributed by atoms with van der Waals surface area (Å²) < 4.78 is 44.3. The van der Waals surface area contributed by atoms with Gasteiger partial charge in [0.2, 0.25) is 5.88 Å². The van der Waals surface area contributed by atoms with Crippen molar-refractivity contribution < 1.29 is 27.4 Å². The summed E-state index contributed by atoms with van der Waals surface area (Å²) in [5.74, 6) is -1.87. The van der Waals surface area contributed by atoms with E-state index in [-0.39, 0.29) is 12.3 Å². The highest BCUT2D eigenvalue weighted by molar-refractivity contribution is 5.87. The van der Waals surface area contributed by atoms with Crippen LogP contribution in [0.2, 0.25) is 0 Å². The molecule has 0 saturated heterocycles. The summed E-state index contributed by atoms with van der Waals surface area (Å²) in [5, 5.41) is 8.59. The van der Waals surface area contributed by atoms with E-state index in [0.717, 1.165) is 12.1 Å². The summed E-state index contributed by atoms with van der Waals surface area (Å²) in [6, 6.07) is 3.56. The Hall–Kier alpha value is -2.30. The third-order valence-corrected chi connectivity index (χ3v) is 1.68. The molecule has 0 unspecified atom stereocenters. The molecule has 0 radical (unpaired) electrons. The van der Waals surface area contributed by atoms with E-state index in [1.807, 2.05) is 0 Å². The van der Waals surface area contributed by atoms with Gasteiger partial charge in [-0.05, 0) is 19.1 Å². The van der Waals surface area contributed by atoms with Crippen LogP contribution in [-0.4, -0.2) is 23.9 Å². The van der Waals surface area contributed by atoms with Gasteiger partial charge in [-0.2, -0.15) is 5.26 Å². The number of halogens is 3. The van der Waals surface area contributed by atoms with Crippen LogP contribution in [0.15, 0.2) is 12.1 Å². The van der Waals surface area contributed by atoms with Crippen molar-refractivity contribution in [3.05, 3.63) is 23.4 Å². The van der Waals surface area contributed by atoms with Crippen LogP contribution >= 0.6 is 0 Å². The van der Waals surface area contributed by atoms with Crippen LogP contribution in [-0.2, 0) is 4.74 Å². The first-order valence-corrected chi connectivity index (χ1v) is 4.71. The predicted molar refractivity (Wildman–Crippen MR) is 51.6 cm³/mol. The summed E-state index contributed by atoms with van der Waals surface area (Å²) in [7, 11) is 0. The van der Waals surface area contributed by atoms with Crippen LogP contribution in [0.1, 0.15) is 23.0 Å². The molecule has 8 heteroatoms. The fourth-order valence-electron chi connectivity index (χ4n) is 1.03. The number of pyridine rings is 1. The van der Waals surface area contributed by atoms with Crippen LogP contribution in [0.25, 0.3) is 0 Å². The number of rotatable bonds is 3. The fourth-order valence-corrected chi connectivity index (χ4v) is 1.03. The lowest BCUT2D eigenvalue weighted by Gasteiger charge is -2.10. The molecule has 96 valence electrons. The molecular weight excluding hydrogens is 253 g/mol. The van der Waals surface area contributed by atoms with Crippen LogP contribution in [0, 0.1) is 11.3 Å². The summed E-state index contributed by atoms with van der Waals surface area (Å²) in [5.41, 5.74) is -0.796. The molecule has 0 bridgehead atoms. The number of hydrogen-bond acceptors (Lipinski definition) is 5. The van der Waals surface area contributed by atoms with E-state index >= 15 is 0 Å². The standard InChI is InChI=1S/C10H7F3N2O3/c1-2-17-9(16)7-4-3-6(5-14)8(15-7)18-10(11,12)13/h3-4H,2H2,1H3. The molecular formula is C10H7F3N2O3. The number of esters is 1. The largest absolute Gasteiger partial charge is 0.574 e. The third-order valence-electron chi connectivity index (χ3n) is 1.68. The topological polar surface area (TPSA) is 72.2 Å². The molecule has 0 aromatic carbocycles. The highest BCUT2D eigenvalue weighted by Gasteiger charge is 2.33. The molecule has 0 fully saturated rings. The van der Waals surface area contributed by atoms with Gasteiger partial charge in [0.05, 0.1) is 6.61 Å². The van der Waals surface area contributed by atoms with Gasteiger partial charge in [-0.25, -0.2) is 9.78 Å². The average Bonchev–Trinajstić information content (AvgIpc) is 2.27. The molecule has 0 saturated carbocycles. The van der Waals surface area contributed by atoms with Gasteiger partial charge in [0.15, 0.2) is 5.69 Å². The Balaban J connectivity index is 3.10. The van der Waals surface area contributed by atoms with E-state index in [2.05, 4.69) is 14.5 Å². The number of alkyl halides is 3. The molecule has 18 heavy (non-hydrogen) atoms. The maximum Gasteiger partial charge on any atom is 0.574 e. The molecule has 0 spiro atoms. The van der Waals surface area contributed by atoms with Gasteiger partial charge in [0.1, 0.15) is 11.6 Å². The first kappa shape index (κ1) is 13.8. The minimum Gasteiger partial charge on any atom is -0.461 e. The fraction of sp³-hybridized carbons (Fsp3) is 0.300. The first-order chi connectivity index (χ1) is 8.37. The van der Waals surface area contributed by atoms with E-state index in [1.54, 1.807) is 0 Å². The Bertz CT molecular complexity index is 494. The molecule has 1 rings (SSSR count). The SMILES string of the molecule is CCOC(=O)c1ccc(C#N)c(OC(F)(F)F)n1. The number of ether oxygens (including phenoxy) is 2. The van der Waals surface area contributed by atoms with Crippen molar-refractivity contribution in [1.82, 2.24) is 4.98 Å². The number of nitrogens with zero attached hydrogens (tertiary/aromatic N) is 2. The van der Waals surface area contributed by atoms with Gasteiger partial charge in [-0.1, -0.05) is 0 Å².